The molecule has 0 aromatic rings. The van der Waals surface area contributed by atoms with Crippen LogP contribution in [0.1, 0.15) is 33.6 Å². The summed E-state index contributed by atoms with van der Waals surface area (Å²) in [7, 11) is 0. The summed E-state index contributed by atoms with van der Waals surface area (Å²) < 4.78 is 0. The minimum atomic E-state index is -1.17. The zero-order valence-corrected chi connectivity index (χ0v) is 16.5. The monoisotopic (exact) mass is 390 g/mol. The van der Waals surface area contributed by atoms with Crippen molar-refractivity contribution in [1.82, 2.24) is 16.0 Å². The lowest BCUT2D eigenvalue weighted by atomic mass is 9.97. The summed E-state index contributed by atoms with van der Waals surface area (Å²) in [4.78, 5) is 47.3. The maximum absolute atomic E-state index is 12.6. The third-order valence-electron chi connectivity index (χ3n) is 3.86. The Labute approximate surface area is 158 Å². The first-order chi connectivity index (χ1) is 12.1. The standard InChI is InChI=1S/C16H30N4O5S/c1-5-9(2)13(20-14(23)10(3)17)16(25)19-11(6-7-26-4)15(24)18-8-12(21)22/h9-11,13H,5-8,17H2,1-4H3,(H,18,24)(H,19,25)(H,20,23)(H,21,22). The fraction of sp³-hybridized carbons (Fsp3) is 0.750. The van der Waals surface area contributed by atoms with E-state index in [0.29, 0.717) is 18.6 Å². The van der Waals surface area contributed by atoms with Gasteiger partial charge in [-0.15, -0.1) is 0 Å². The number of carboxylic acid groups (broad SMARTS) is 1. The van der Waals surface area contributed by atoms with Crippen LogP contribution in [0.15, 0.2) is 0 Å². The molecule has 0 spiro atoms. The van der Waals surface area contributed by atoms with E-state index in [-0.39, 0.29) is 5.92 Å². The van der Waals surface area contributed by atoms with Crippen LogP contribution in [0.3, 0.4) is 0 Å². The highest BCUT2D eigenvalue weighted by Gasteiger charge is 2.30. The van der Waals surface area contributed by atoms with Gasteiger partial charge in [0.15, 0.2) is 0 Å². The van der Waals surface area contributed by atoms with Gasteiger partial charge in [-0.25, -0.2) is 0 Å². The number of rotatable bonds is 12. The molecule has 0 aromatic heterocycles. The Kier molecular flexibility index (Phi) is 11.7. The quantitative estimate of drug-likeness (QED) is 0.296. The van der Waals surface area contributed by atoms with Crippen molar-refractivity contribution in [3.8, 4) is 0 Å². The minimum Gasteiger partial charge on any atom is -0.480 e. The van der Waals surface area contributed by atoms with E-state index in [4.69, 9.17) is 10.8 Å². The Balaban J connectivity index is 5.14. The smallest absolute Gasteiger partial charge is 0.322 e. The number of aliphatic carboxylic acids is 1. The topological polar surface area (TPSA) is 151 Å². The van der Waals surface area contributed by atoms with Gasteiger partial charge in [0.2, 0.25) is 17.7 Å². The van der Waals surface area contributed by atoms with Gasteiger partial charge in [-0.1, -0.05) is 20.3 Å². The van der Waals surface area contributed by atoms with Crippen LogP contribution in [0.2, 0.25) is 0 Å². The molecule has 10 heteroatoms. The first-order valence-electron chi connectivity index (χ1n) is 8.48. The van der Waals surface area contributed by atoms with Crippen LogP contribution in [0.5, 0.6) is 0 Å². The fourth-order valence-corrected chi connectivity index (χ4v) is 2.51. The Bertz CT molecular complexity index is 501. The molecule has 0 aliphatic heterocycles. The van der Waals surface area contributed by atoms with E-state index in [1.165, 1.54) is 18.7 Å². The third-order valence-corrected chi connectivity index (χ3v) is 4.51. The summed E-state index contributed by atoms with van der Waals surface area (Å²) in [5.74, 6) is -2.26. The average Bonchev–Trinajstić information content (AvgIpc) is 2.59. The molecule has 3 amide bonds. The fourth-order valence-electron chi connectivity index (χ4n) is 2.04. The van der Waals surface area contributed by atoms with Crippen LogP contribution in [-0.2, 0) is 19.2 Å². The van der Waals surface area contributed by atoms with Gasteiger partial charge in [0, 0.05) is 0 Å². The van der Waals surface area contributed by atoms with Crippen molar-refractivity contribution in [2.45, 2.75) is 51.7 Å². The third kappa shape index (κ3) is 9.04. The number of hydrogen-bond donors (Lipinski definition) is 5. The van der Waals surface area contributed by atoms with E-state index >= 15 is 0 Å². The lowest BCUT2D eigenvalue weighted by molar-refractivity contribution is -0.138. The molecule has 0 radical (unpaired) electrons. The Hall–Kier alpha value is -1.81. The van der Waals surface area contributed by atoms with Gasteiger partial charge >= 0.3 is 5.97 Å². The second-order valence-corrected chi connectivity index (χ2v) is 7.10. The van der Waals surface area contributed by atoms with Gasteiger partial charge < -0.3 is 26.8 Å². The van der Waals surface area contributed by atoms with Gasteiger partial charge in [0.05, 0.1) is 6.04 Å². The van der Waals surface area contributed by atoms with E-state index in [1.54, 1.807) is 0 Å². The average molecular weight is 391 g/mol. The minimum absolute atomic E-state index is 0.166. The van der Waals surface area contributed by atoms with Crippen molar-refractivity contribution in [1.29, 1.82) is 0 Å². The highest BCUT2D eigenvalue weighted by molar-refractivity contribution is 7.98. The molecule has 150 valence electrons. The highest BCUT2D eigenvalue weighted by Crippen LogP contribution is 2.10. The SMILES string of the molecule is CCC(C)C(NC(=O)C(C)N)C(=O)NC(CCSC)C(=O)NCC(=O)O. The summed E-state index contributed by atoms with van der Waals surface area (Å²) in [5, 5.41) is 16.2. The first kappa shape index (κ1) is 24.2. The molecule has 0 bridgehead atoms. The Morgan fingerprint density at radius 1 is 1.08 bits per heavy atom. The molecule has 26 heavy (non-hydrogen) atoms. The number of hydrogen-bond acceptors (Lipinski definition) is 6. The molecule has 0 rings (SSSR count). The van der Waals surface area contributed by atoms with Crippen molar-refractivity contribution < 1.29 is 24.3 Å². The van der Waals surface area contributed by atoms with Crippen LogP contribution in [0.25, 0.3) is 0 Å². The molecular formula is C16H30N4O5S. The summed E-state index contributed by atoms with van der Waals surface area (Å²) in [6, 6.07) is -2.48. The van der Waals surface area contributed by atoms with E-state index in [0.717, 1.165) is 0 Å². The van der Waals surface area contributed by atoms with Gasteiger partial charge in [-0.2, -0.15) is 11.8 Å². The number of amides is 3. The van der Waals surface area contributed by atoms with Crippen molar-refractivity contribution in [2.75, 3.05) is 18.6 Å². The molecule has 0 aliphatic carbocycles. The van der Waals surface area contributed by atoms with E-state index in [2.05, 4.69) is 16.0 Å². The highest BCUT2D eigenvalue weighted by atomic mass is 32.2. The van der Waals surface area contributed by atoms with Gasteiger partial charge in [-0.3, -0.25) is 19.2 Å². The first-order valence-corrected chi connectivity index (χ1v) is 9.88. The molecule has 0 aromatic carbocycles. The van der Waals surface area contributed by atoms with Crippen LogP contribution in [-0.4, -0.2) is 65.5 Å². The molecule has 9 nitrogen and oxygen atoms in total. The van der Waals surface area contributed by atoms with Crippen LogP contribution < -0.4 is 21.7 Å². The van der Waals surface area contributed by atoms with E-state index in [9.17, 15) is 19.2 Å². The zero-order valence-electron chi connectivity index (χ0n) is 15.7. The molecule has 0 saturated carbocycles. The number of nitrogens with one attached hydrogen (secondary N) is 3. The summed E-state index contributed by atoms with van der Waals surface area (Å²) >= 11 is 1.50. The summed E-state index contributed by atoms with van der Waals surface area (Å²) in [6.07, 6.45) is 2.84. The number of carbonyl (C=O) groups is 4. The zero-order chi connectivity index (χ0) is 20.3. The summed E-state index contributed by atoms with van der Waals surface area (Å²) in [5.41, 5.74) is 5.54. The van der Waals surface area contributed by atoms with Gasteiger partial charge in [0.25, 0.3) is 0 Å². The number of nitrogens with two attached hydrogens (primary N) is 1. The van der Waals surface area contributed by atoms with Gasteiger partial charge in [0.1, 0.15) is 18.6 Å². The largest absolute Gasteiger partial charge is 0.480 e. The maximum atomic E-state index is 12.6. The molecule has 4 atom stereocenters. The maximum Gasteiger partial charge on any atom is 0.322 e. The van der Waals surface area contributed by atoms with Crippen LogP contribution in [0.4, 0.5) is 0 Å². The second kappa shape index (κ2) is 12.5. The van der Waals surface area contributed by atoms with E-state index in [1.807, 2.05) is 20.1 Å². The predicted octanol–water partition coefficient (Wildman–Crippen LogP) is -0.697. The summed E-state index contributed by atoms with van der Waals surface area (Å²) in [6.45, 7) is 4.68. The van der Waals surface area contributed by atoms with Gasteiger partial charge in [-0.05, 0) is 31.3 Å². The molecule has 0 saturated heterocycles. The molecule has 6 N–H and O–H groups in total. The predicted molar refractivity (Wildman–Crippen MR) is 101 cm³/mol. The van der Waals surface area contributed by atoms with Crippen LogP contribution in [0, 0.1) is 5.92 Å². The second-order valence-electron chi connectivity index (χ2n) is 6.11. The molecular weight excluding hydrogens is 360 g/mol. The van der Waals surface area contributed by atoms with Crippen molar-refractivity contribution >= 4 is 35.5 Å². The van der Waals surface area contributed by atoms with Crippen molar-refractivity contribution in [3.05, 3.63) is 0 Å². The lowest BCUT2D eigenvalue weighted by Crippen LogP contribution is -2.57. The molecule has 0 aliphatic rings. The lowest BCUT2D eigenvalue weighted by Gasteiger charge is -2.27. The molecule has 0 fully saturated rings. The van der Waals surface area contributed by atoms with Crippen molar-refractivity contribution in [3.63, 3.8) is 0 Å². The number of carboxylic acids is 1. The van der Waals surface area contributed by atoms with Crippen LogP contribution >= 0.6 is 11.8 Å². The Morgan fingerprint density at radius 3 is 2.15 bits per heavy atom. The van der Waals surface area contributed by atoms with E-state index < -0.39 is 48.4 Å². The van der Waals surface area contributed by atoms with Crippen molar-refractivity contribution in [2.24, 2.45) is 11.7 Å². The molecule has 4 unspecified atom stereocenters. The number of carbonyl (C=O) groups excluding carboxylic acids is 3. The number of thioether (sulfide) groups is 1. The normalized spacial score (nSPS) is 15.3. The molecule has 0 heterocycles. The Morgan fingerprint density at radius 2 is 1.69 bits per heavy atom.